The Morgan fingerprint density at radius 3 is 1.02 bits per heavy atom. The standard InChI is InChI=1S/C30H52F5O3PS/c1-5-9-13-17-21-39(22-18-14-10-6-2,23-19-15-11-7-3,24-20-16-12-8-4)38-40(36,37)30-28(34)26(32)25(31)27(33)29(30)35/h5-24H2,1-4H3. The van der Waals surface area contributed by atoms with E-state index in [1.54, 1.807) is 0 Å². The summed E-state index contributed by atoms with van der Waals surface area (Å²) in [6.45, 7) is 4.56. The Morgan fingerprint density at radius 2 is 0.750 bits per heavy atom. The van der Waals surface area contributed by atoms with Crippen LogP contribution in [0.5, 0.6) is 0 Å². The molecule has 0 bridgehead atoms. The van der Waals surface area contributed by atoms with Gasteiger partial charge in [-0.2, -0.15) is 0 Å². The maximum atomic E-state index is 14.8. The van der Waals surface area contributed by atoms with Crippen molar-refractivity contribution >= 4 is 16.9 Å². The van der Waals surface area contributed by atoms with Crippen molar-refractivity contribution in [1.82, 2.24) is 0 Å². The van der Waals surface area contributed by atoms with Crippen molar-refractivity contribution in [2.75, 3.05) is 24.6 Å². The van der Waals surface area contributed by atoms with Crippen LogP contribution in [0.2, 0.25) is 0 Å². The van der Waals surface area contributed by atoms with Gasteiger partial charge >= 0.3 is 240 Å². The Kier molecular flexibility index (Phi) is 16.8. The summed E-state index contributed by atoms with van der Waals surface area (Å²) in [5.41, 5.74) is 0. The molecule has 0 aliphatic heterocycles. The predicted molar refractivity (Wildman–Crippen MR) is 157 cm³/mol. The molecule has 0 amide bonds. The fraction of sp³-hybridized carbons (Fsp3) is 0.800. The molecule has 0 radical (unpaired) electrons. The van der Waals surface area contributed by atoms with Crippen LogP contribution in [0, 0.1) is 29.1 Å². The Labute approximate surface area is 240 Å². The van der Waals surface area contributed by atoms with Gasteiger partial charge in [-0.1, -0.05) is 0 Å². The molecule has 0 saturated carbocycles. The van der Waals surface area contributed by atoms with Gasteiger partial charge in [0, 0.05) is 0 Å². The van der Waals surface area contributed by atoms with Crippen LogP contribution in [-0.4, -0.2) is 33.1 Å². The monoisotopic (exact) mass is 618 g/mol. The number of hydrogen-bond acceptors (Lipinski definition) is 3. The van der Waals surface area contributed by atoms with Crippen LogP contribution in [0.25, 0.3) is 0 Å². The van der Waals surface area contributed by atoms with Crippen molar-refractivity contribution in [2.45, 2.75) is 135 Å². The molecule has 0 aromatic heterocycles. The van der Waals surface area contributed by atoms with E-state index in [9.17, 15) is 30.4 Å². The molecule has 0 N–H and O–H groups in total. The molecule has 1 rings (SSSR count). The molecule has 0 saturated heterocycles. The molecule has 10 heteroatoms. The zero-order valence-electron chi connectivity index (χ0n) is 25.1. The second-order valence-corrected chi connectivity index (χ2v) is 18.8. The molecule has 0 aliphatic rings. The summed E-state index contributed by atoms with van der Waals surface area (Å²) in [4.78, 5) is -1.86. The molecule has 3 nitrogen and oxygen atoms in total. The number of hydrogen-bond donors (Lipinski definition) is 0. The van der Waals surface area contributed by atoms with Gasteiger partial charge in [-0.25, -0.2) is 0 Å². The first-order chi connectivity index (χ1) is 18.9. The van der Waals surface area contributed by atoms with E-state index in [0.29, 0.717) is 50.3 Å². The first-order valence-electron chi connectivity index (χ1n) is 15.4. The van der Waals surface area contributed by atoms with Gasteiger partial charge in [-0.05, 0) is 0 Å². The quantitative estimate of drug-likeness (QED) is 0.0403. The van der Waals surface area contributed by atoms with Crippen LogP contribution in [0.15, 0.2) is 4.90 Å². The Bertz CT molecular complexity index is 915. The minimum absolute atomic E-state index is 0.477. The molecule has 0 heterocycles. The van der Waals surface area contributed by atoms with Crippen molar-refractivity contribution in [3.05, 3.63) is 29.1 Å². The minimum atomic E-state index is -5.31. The topological polar surface area (TPSA) is 43.4 Å². The first kappa shape index (κ1) is 37.2. The van der Waals surface area contributed by atoms with Gasteiger partial charge < -0.3 is 0 Å². The summed E-state index contributed by atoms with van der Waals surface area (Å²) < 4.78 is 105. The Balaban J connectivity index is 3.79. The van der Waals surface area contributed by atoms with E-state index in [0.717, 1.165) is 77.0 Å². The SMILES string of the molecule is CCCCCCP(CCCCCC)(CCCCCC)(CCCCCC)OS(=O)(=O)c1c(F)c(F)c(F)c(F)c1F. The van der Waals surface area contributed by atoms with Gasteiger partial charge in [0.05, 0.1) is 0 Å². The summed E-state index contributed by atoms with van der Waals surface area (Å²) >= 11 is 0. The van der Waals surface area contributed by atoms with Crippen molar-refractivity contribution in [3.8, 4) is 0 Å². The van der Waals surface area contributed by atoms with Gasteiger partial charge in [0.2, 0.25) is 0 Å². The fourth-order valence-corrected chi connectivity index (χ4v) is 15.5. The van der Waals surface area contributed by atoms with E-state index in [-0.39, 0.29) is 0 Å². The van der Waals surface area contributed by atoms with E-state index in [1.807, 2.05) is 0 Å². The molecule has 236 valence electrons. The molecular weight excluding hydrogens is 566 g/mol. The van der Waals surface area contributed by atoms with Crippen molar-refractivity contribution in [2.24, 2.45) is 0 Å². The Hall–Kier alpha value is -0.790. The van der Waals surface area contributed by atoms with Crippen LogP contribution in [0.4, 0.5) is 22.0 Å². The van der Waals surface area contributed by atoms with Crippen LogP contribution in [-0.2, 0) is 14.1 Å². The molecule has 0 unspecified atom stereocenters. The number of benzene rings is 1. The molecule has 0 atom stereocenters. The molecule has 1 aromatic carbocycles. The van der Waals surface area contributed by atoms with Gasteiger partial charge in [-0.15, -0.1) is 0 Å². The predicted octanol–water partition coefficient (Wildman–Crippen LogP) is 10.9. The van der Waals surface area contributed by atoms with Crippen LogP contribution in [0.1, 0.15) is 130 Å². The van der Waals surface area contributed by atoms with E-state index < -0.39 is 50.9 Å². The zero-order chi connectivity index (χ0) is 30.3. The molecular formula is C30H52F5O3PS. The van der Waals surface area contributed by atoms with E-state index in [2.05, 4.69) is 27.7 Å². The molecule has 0 aliphatic carbocycles. The van der Waals surface area contributed by atoms with Crippen molar-refractivity contribution in [3.63, 3.8) is 0 Å². The first-order valence-corrected chi connectivity index (χ1v) is 19.7. The summed E-state index contributed by atoms with van der Waals surface area (Å²) in [5.74, 6) is -11.7. The van der Waals surface area contributed by atoms with E-state index in [1.165, 1.54) is 0 Å². The Morgan fingerprint density at radius 1 is 0.475 bits per heavy atom. The van der Waals surface area contributed by atoms with Crippen molar-refractivity contribution in [1.29, 1.82) is 0 Å². The summed E-state index contributed by atoms with van der Waals surface area (Å²) in [6.07, 6.45) is 15.9. The van der Waals surface area contributed by atoms with Gasteiger partial charge in [0.25, 0.3) is 0 Å². The number of halogens is 5. The van der Waals surface area contributed by atoms with Crippen molar-refractivity contribution < 1.29 is 34.3 Å². The second kappa shape index (κ2) is 18.0. The second-order valence-electron chi connectivity index (χ2n) is 11.4. The molecule has 40 heavy (non-hydrogen) atoms. The summed E-state index contributed by atoms with van der Waals surface area (Å²) in [6, 6.07) is 0. The van der Waals surface area contributed by atoms with Gasteiger partial charge in [0.1, 0.15) is 0 Å². The third-order valence-corrected chi connectivity index (χ3v) is 17.2. The third kappa shape index (κ3) is 10.5. The molecule has 0 fully saturated rings. The van der Waals surface area contributed by atoms with Gasteiger partial charge in [-0.3, -0.25) is 0 Å². The average Bonchev–Trinajstić information content (AvgIpc) is 2.92. The van der Waals surface area contributed by atoms with Crippen LogP contribution < -0.4 is 0 Å². The van der Waals surface area contributed by atoms with Crippen LogP contribution >= 0.6 is 6.83 Å². The number of rotatable bonds is 23. The van der Waals surface area contributed by atoms with E-state index >= 15 is 0 Å². The summed E-state index contributed by atoms with van der Waals surface area (Å²) in [5, 5.41) is 0. The third-order valence-electron chi connectivity index (χ3n) is 8.04. The zero-order valence-corrected chi connectivity index (χ0v) is 26.8. The fourth-order valence-electron chi connectivity index (χ4n) is 5.69. The molecule has 0 spiro atoms. The normalized spacial score (nSPS) is 13.5. The van der Waals surface area contributed by atoms with Crippen LogP contribution in [0.3, 0.4) is 0 Å². The number of unbranched alkanes of at least 4 members (excludes halogenated alkanes) is 12. The average molecular weight is 619 g/mol. The maximum absolute atomic E-state index is 14.8. The summed E-state index contributed by atoms with van der Waals surface area (Å²) in [7, 11) is -5.31. The van der Waals surface area contributed by atoms with Gasteiger partial charge in [0.15, 0.2) is 0 Å². The van der Waals surface area contributed by atoms with E-state index in [4.69, 9.17) is 3.97 Å². The molecule has 1 aromatic rings.